The summed E-state index contributed by atoms with van der Waals surface area (Å²) < 4.78 is 13.0. The minimum Gasteiger partial charge on any atom is -0.393 e. The van der Waals surface area contributed by atoms with E-state index in [1.54, 1.807) is 6.92 Å². The van der Waals surface area contributed by atoms with Crippen LogP contribution in [0.25, 0.3) is 0 Å². The Morgan fingerprint density at radius 2 is 2.33 bits per heavy atom. The van der Waals surface area contributed by atoms with Gasteiger partial charge in [-0.05, 0) is 26.2 Å². The third-order valence-electron chi connectivity index (χ3n) is 1.90. The number of rotatable bonds is 0. The minimum atomic E-state index is -1.10. The smallest absolute Gasteiger partial charge is 0.110 e. The second kappa shape index (κ2) is 2.25. The normalized spacial score (nSPS) is 45.0. The highest BCUT2D eigenvalue weighted by Crippen LogP contribution is 2.30. The lowest BCUT2D eigenvalue weighted by Gasteiger charge is -2.28. The summed E-state index contributed by atoms with van der Waals surface area (Å²) in [4.78, 5) is 0. The van der Waals surface area contributed by atoms with Crippen LogP contribution in [0.15, 0.2) is 0 Å². The summed E-state index contributed by atoms with van der Waals surface area (Å²) >= 11 is 0. The predicted molar refractivity (Wildman–Crippen MR) is 34.0 cm³/mol. The van der Waals surface area contributed by atoms with E-state index >= 15 is 0 Å². The van der Waals surface area contributed by atoms with Crippen molar-refractivity contribution in [2.75, 3.05) is 0 Å². The number of aliphatic hydroxyl groups excluding tert-OH is 1. The van der Waals surface area contributed by atoms with E-state index in [2.05, 4.69) is 0 Å². The second-order valence-electron chi connectivity index (χ2n) is 3.16. The fourth-order valence-electron chi connectivity index (χ4n) is 1.40. The Bertz CT molecular complexity index is 101. The molecule has 54 valence electrons. The predicted octanol–water partition coefficient (Wildman–Crippen LogP) is 1.65. The zero-order chi connectivity index (χ0) is 6.91. The molecule has 1 nitrogen and oxygen atoms in total. The minimum absolute atomic E-state index is 0.326. The van der Waals surface area contributed by atoms with Gasteiger partial charge in [-0.3, -0.25) is 0 Å². The van der Waals surface area contributed by atoms with Crippen molar-refractivity contribution < 1.29 is 9.50 Å². The van der Waals surface area contributed by atoms with Crippen molar-refractivity contribution in [1.82, 2.24) is 0 Å². The Hall–Kier alpha value is -0.110. The van der Waals surface area contributed by atoms with Gasteiger partial charge >= 0.3 is 0 Å². The van der Waals surface area contributed by atoms with E-state index in [-0.39, 0.29) is 0 Å². The highest BCUT2D eigenvalue weighted by Gasteiger charge is 2.30. The van der Waals surface area contributed by atoms with Crippen molar-refractivity contribution in [2.45, 2.75) is 44.4 Å². The molecule has 0 aliphatic heterocycles. The summed E-state index contributed by atoms with van der Waals surface area (Å²) in [6, 6.07) is 0. The van der Waals surface area contributed by atoms with Crippen LogP contribution in [-0.4, -0.2) is 16.9 Å². The standard InChI is InChI=1S/C7H13FO/c1-7(8)4-2-3-6(9)5-7/h6,9H,2-5H2,1H3/t6?,7-/m1/s1. The zero-order valence-electron chi connectivity index (χ0n) is 5.73. The molecule has 1 rings (SSSR count). The van der Waals surface area contributed by atoms with Crippen LogP contribution >= 0.6 is 0 Å². The fourth-order valence-corrected chi connectivity index (χ4v) is 1.40. The summed E-state index contributed by atoms with van der Waals surface area (Å²) in [7, 11) is 0. The summed E-state index contributed by atoms with van der Waals surface area (Å²) in [5, 5.41) is 9.00. The number of halogens is 1. The van der Waals surface area contributed by atoms with Gasteiger partial charge < -0.3 is 5.11 Å². The van der Waals surface area contributed by atoms with Gasteiger partial charge in [0, 0.05) is 6.42 Å². The van der Waals surface area contributed by atoms with Gasteiger partial charge in [0.05, 0.1) is 6.10 Å². The lowest BCUT2D eigenvalue weighted by atomic mass is 9.86. The molecule has 0 aromatic rings. The molecular formula is C7H13FO. The van der Waals surface area contributed by atoms with E-state index < -0.39 is 11.8 Å². The van der Waals surface area contributed by atoms with Crippen molar-refractivity contribution in [2.24, 2.45) is 0 Å². The van der Waals surface area contributed by atoms with E-state index in [1.165, 1.54) is 0 Å². The average molecular weight is 132 g/mol. The van der Waals surface area contributed by atoms with Crippen molar-refractivity contribution in [3.8, 4) is 0 Å². The third kappa shape index (κ3) is 1.94. The number of hydrogen-bond donors (Lipinski definition) is 1. The molecule has 0 spiro atoms. The van der Waals surface area contributed by atoms with Crippen LogP contribution in [0.1, 0.15) is 32.6 Å². The van der Waals surface area contributed by atoms with Gasteiger partial charge in [0.25, 0.3) is 0 Å². The maximum Gasteiger partial charge on any atom is 0.110 e. The van der Waals surface area contributed by atoms with Crippen LogP contribution < -0.4 is 0 Å². The Morgan fingerprint density at radius 3 is 2.67 bits per heavy atom. The lowest BCUT2D eigenvalue weighted by Crippen LogP contribution is -2.30. The molecule has 1 aliphatic carbocycles. The second-order valence-corrected chi connectivity index (χ2v) is 3.16. The van der Waals surface area contributed by atoms with Gasteiger partial charge in [0.15, 0.2) is 0 Å². The molecule has 0 heterocycles. The molecule has 2 atom stereocenters. The van der Waals surface area contributed by atoms with E-state index in [0.717, 1.165) is 12.8 Å². The SMILES string of the molecule is C[C@@]1(F)CCCC(O)C1. The van der Waals surface area contributed by atoms with E-state index in [0.29, 0.717) is 12.8 Å². The molecule has 9 heavy (non-hydrogen) atoms. The van der Waals surface area contributed by atoms with Crippen LogP contribution in [-0.2, 0) is 0 Å². The molecule has 0 bridgehead atoms. The Balaban J connectivity index is 2.41. The molecular weight excluding hydrogens is 119 g/mol. The molecule has 0 radical (unpaired) electrons. The summed E-state index contributed by atoms with van der Waals surface area (Å²) in [6.45, 7) is 1.56. The monoisotopic (exact) mass is 132 g/mol. The topological polar surface area (TPSA) is 20.2 Å². The molecule has 1 saturated carbocycles. The quantitative estimate of drug-likeness (QED) is 0.531. The number of alkyl halides is 1. The van der Waals surface area contributed by atoms with Gasteiger partial charge in [-0.2, -0.15) is 0 Å². The Kier molecular flexibility index (Phi) is 1.75. The van der Waals surface area contributed by atoms with Gasteiger partial charge in [-0.15, -0.1) is 0 Å². The average Bonchev–Trinajstić information content (AvgIpc) is 1.60. The molecule has 2 heteroatoms. The van der Waals surface area contributed by atoms with E-state index in [4.69, 9.17) is 5.11 Å². The van der Waals surface area contributed by atoms with Crippen molar-refractivity contribution >= 4 is 0 Å². The maximum atomic E-state index is 13.0. The van der Waals surface area contributed by atoms with Gasteiger partial charge in [0.2, 0.25) is 0 Å². The maximum absolute atomic E-state index is 13.0. The largest absolute Gasteiger partial charge is 0.393 e. The fraction of sp³-hybridized carbons (Fsp3) is 1.00. The summed E-state index contributed by atoms with van der Waals surface area (Å²) in [5.74, 6) is 0. The molecule has 0 aromatic heterocycles. The molecule has 1 unspecified atom stereocenters. The van der Waals surface area contributed by atoms with Crippen molar-refractivity contribution in [3.63, 3.8) is 0 Å². The molecule has 1 N–H and O–H groups in total. The molecule has 1 fully saturated rings. The third-order valence-corrected chi connectivity index (χ3v) is 1.90. The van der Waals surface area contributed by atoms with Gasteiger partial charge in [-0.1, -0.05) is 0 Å². The zero-order valence-corrected chi connectivity index (χ0v) is 5.73. The first-order valence-electron chi connectivity index (χ1n) is 3.47. The first-order valence-corrected chi connectivity index (χ1v) is 3.47. The molecule has 0 saturated heterocycles. The van der Waals surface area contributed by atoms with Crippen LogP contribution in [0.5, 0.6) is 0 Å². The number of aliphatic hydroxyl groups is 1. The highest BCUT2D eigenvalue weighted by atomic mass is 19.1. The molecule has 0 aromatic carbocycles. The first kappa shape index (κ1) is 7.00. The van der Waals surface area contributed by atoms with E-state index in [9.17, 15) is 4.39 Å². The summed E-state index contributed by atoms with van der Waals surface area (Å²) in [5.41, 5.74) is -1.10. The Labute approximate surface area is 54.9 Å². The Morgan fingerprint density at radius 1 is 1.67 bits per heavy atom. The van der Waals surface area contributed by atoms with Crippen LogP contribution in [0.4, 0.5) is 4.39 Å². The molecule has 0 amide bonds. The van der Waals surface area contributed by atoms with E-state index in [1.807, 2.05) is 0 Å². The van der Waals surface area contributed by atoms with Crippen LogP contribution in [0.3, 0.4) is 0 Å². The lowest BCUT2D eigenvalue weighted by molar-refractivity contribution is 0.0298. The summed E-state index contributed by atoms with van der Waals surface area (Å²) in [6.07, 6.45) is 2.15. The van der Waals surface area contributed by atoms with Crippen LogP contribution in [0, 0.1) is 0 Å². The van der Waals surface area contributed by atoms with Gasteiger partial charge in [0.1, 0.15) is 5.67 Å². The van der Waals surface area contributed by atoms with Crippen molar-refractivity contribution in [1.29, 1.82) is 0 Å². The first-order chi connectivity index (χ1) is 4.10. The number of hydrogen-bond acceptors (Lipinski definition) is 1. The van der Waals surface area contributed by atoms with Crippen molar-refractivity contribution in [3.05, 3.63) is 0 Å². The molecule has 1 aliphatic rings. The highest BCUT2D eigenvalue weighted by molar-refractivity contribution is 4.82. The van der Waals surface area contributed by atoms with Crippen LogP contribution in [0.2, 0.25) is 0 Å². The van der Waals surface area contributed by atoms with Gasteiger partial charge in [-0.25, -0.2) is 4.39 Å².